The number of halogens is 2. The highest BCUT2D eigenvalue weighted by molar-refractivity contribution is 5.14. The third kappa shape index (κ3) is 3.03. The Bertz CT molecular complexity index is 374. The SMILES string of the molecule is FC1(F)C=C(COCc2ccccc2)OC1. The van der Waals surface area contributed by atoms with Crippen LogP contribution in [0.5, 0.6) is 0 Å². The summed E-state index contributed by atoms with van der Waals surface area (Å²) in [6, 6.07) is 9.54. The molecule has 0 atom stereocenters. The van der Waals surface area contributed by atoms with E-state index in [4.69, 9.17) is 9.47 Å². The summed E-state index contributed by atoms with van der Waals surface area (Å²) >= 11 is 0. The lowest BCUT2D eigenvalue weighted by Gasteiger charge is -2.05. The third-order valence-corrected chi connectivity index (χ3v) is 2.18. The molecule has 1 aliphatic heterocycles. The molecule has 0 spiro atoms. The van der Waals surface area contributed by atoms with E-state index in [-0.39, 0.29) is 12.4 Å². The smallest absolute Gasteiger partial charge is 0.303 e. The second kappa shape index (κ2) is 4.61. The molecule has 0 radical (unpaired) electrons. The normalized spacial score (nSPS) is 18.0. The van der Waals surface area contributed by atoms with Gasteiger partial charge in [-0.25, -0.2) is 0 Å². The van der Waals surface area contributed by atoms with Gasteiger partial charge < -0.3 is 9.47 Å². The van der Waals surface area contributed by atoms with Gasteiger partial charge in [-0.05, 0) is 5.56 Å². The Morgan fingerprint density at radius 1 is 1.19 bits per heavy atom. The van der Waals surface area contributed by atoms with Gasteiger partial charge in [-0.2, -0.15) is 8.78 Å². The summed E-state index contributed by atoms with van der Waals surface area (Å²) in [5, 5.41) is 0. The molecule has 0 saturated carbocycles. The van der Waals surface area contributed by atoms with Gasteiger partial charge in [-0.1, -0.05) is 30.3 Å². The molecule has 0 aliphatic carbocycles. The van der Waals surface area contributed by atoms with E-state index in [1.807, 2.05) is 30.3 Å². The van der Waals surface area contributed by atoms with Crippen LogP contribution in [0.2, 0.25) is 0 Å². The summed E-state index contributed by atoms with van der Waals surface area (Å²) in [7, 11) is 0. The fourth-order valence-electron chi connectivity index (χ4n) is 1.43. The van der Waals surface area contributed by atoms with Crippen molar-refractivity contribution < 1.29 is 18.3 Å². The van der Waals surface area contributed by atoms with E-state index in [1.54, 1.807) is 0 Å². The van der Waals surface area contributed by atoms with Crippen molar-refractivity contribution >= 4 is 0 Å². The lowest BCUT2D eigenvalue weighted by Crippen LogP contribution is -2.13. The molecule has 0 amide bonds. The van der Waals surface area contributed by atoms with E-state index in [9.17, 15) is 8.78 Å². The second-order valence-corrected chi connectivity index (χ2v) is 3.64. The fraction of sp³-hybridized carbons (Fsp3) is 0.333. The highest BCUT2D eigenvalue weighted by atomic mass is 19.3. The van der Waals surface area contributed by atoms with E-state index in [0.29, 0.717) is 6.61 Å². The predicted octanol–water partition coefficient (Wildman–Crippen LogP) is 2.75. The predicted molar refractivity (Wildman–Crippen MR) is 55.1 cm³/mol. The van der Waals surface area contributed by atoms with Crippen LogP contribution in [0.3, 0.4) is 0 Å². The largest absolute Gasteiger partial charge is 0.489 e. The Morgan fingerprint density at radius 2 is 1.94 bits per heavy atom. The first kappa shape index (κ1) is 11.1. The first-order valence-corrected chi connectivity index (χ1v) is 5.00. The topological polar surface area (TPSA) is 18.5 Å². The van der Waals surface area contributed by atoms with Crippen molar-refractivity contribution in [2.75, 3.05) is 13.2 Å². The van der Waals surface area contributed by atoms with Gasteiger partial charge in [0.05, 0.1) is 6.61 Å². The summed E-state index contributed by atoms with van der Waals surface area (Å²) in [4.78, 5) is 0. The maximum atomic E-state index is 12.7. The Hall–Kier alpha value is -1.42. The molecule has 16 heavy (non-hydrogen) atoms. The van der Waals surface area contributed by atoms with Crippen molar-refractivity contribution in [1.29, 1.82) is 0 Å². The summed E-state index contributed by atoms with van der Waals surface area (Å²) < 4.78 is 35.4. The molecule has 0 saturated heterocycles. The van der Waals surface area contributed by atoms with Crippen LogP contribution in [0.1, 0.15) is 5.56 Å². The zero-order chi connectivity index (χ0) is 11.4. The van der Waals surface area contributed by atoms with Crippen LogP contribution in [0.4, 0.5) is 8.78 Å². The second-order valence-electron chi connectivity index (χ2n) is 3.64. The molecule has 1 heterocycles. The first-order valence-electron chi connectivity index (χ1n) is 5.00. The van der Waals surface area contributed by atoms with Crippen molar-refractivity contribution in [3.63, 3.8) is 0 Å². The minimum Gasteiger partial charge on any atom is -0.489 e. The molecule has 2 rings (SSSR count). The summed E-state index contributed by atoms with van der Waals surface area (Å²) in [5.74, 6) is -2.63. The molecule has 4 heteroatoms. The van der Waals surface area contributed by atoms with E-state index < -0.39 is 12.5 Å². The molecule has 0 bridgehead atoms. The lowest BCUT2D eigenvalue weighted by molar-refractivity contribution is 0.00418. The van der Waals surface area contributed by atoms with E-state index in [0.717, 1.165) is 11.6 Å². The quantitative estimate of drug-likeness (QED) is 0.785. The molecule has 0 N–H and O–H groups in total. The van der Waals surface area contributed by atoms with Gasteiger partial charge in [-0.3, -0.25) is 0 Å². The Kier molecular flexibility index (Phi) is 3.19. The highest BCUT2D eigenvalue weighted by Crippen LogP contribution is 2.25. The fourth-order valence-corrected chi connectivity index (χ4v) is 1.43. The summed E-state index contributed by atoms with van der Waals surface area (Å²) in [6.07, 6.45) is 0.817. The number of ether oxygens (including phenoxy) is 2. The molecule has 1 aliphatic rings. The molecule has 2 nitrogen and oxygen atoms in total. The lowest BCUT2D eigenvalue weighted by atomic mass is 10.2. The van der Waals surface area contributed by atoms with Crippen molar-refractivity contribution in [2.45, 2.75) is 12.5 Å². The van der Waals surface area contributed by atoms with Gasteiger partial charge in [0.2, 0.25) is 0 Å². The average molecular weight is 226 g/mol. The van der Waals surface area contributed by atoms with Gasteiger partial charge in [0, 0.05) is 6.08 Å². The van der Waals surface area contributed by atoms with Crippen LogP contribution in [-0.2, 0) is 16.1 Å². The zero-order valence-corrected chi connectivity index (χ0v) is 8.66. The third-order valence-electron chi connectivity index (χ3n) is 2.18. The van der Waals surface area contributed by atoms with E-state index in [2.05, 4.69) is 0 Å². The maximum absolute atomic E-state index is 12.7. The van der Waals surface area contributed by atoms with Crippen LogP contribution in [0, 0.1) is 0 Å². The van der Waals surface area contributed by atoms with Gasteiger partial charge in [0.25, 0.3) is 0 Å². The van der Waals surface area contributed by atoms with Crippen LogP contribution in [0.25, 0.3) is 0 Å². The number of hydrogen-bond acceptors (Lipinski definition) is 2. The van der Waals surface area contributed by atoms with Gasteiger partial charge in [0.15, 0.2) is 6.61 Å². The Labute approximate surface area is 92.5 Å². The highest BCUT2D eigenvalue weighted by Gasteiger charge is 2.34. The summed E-state index contributed by atoms with van der Waals surface area (Å²) in [5.41, 5.74) is 1.01. The van der Waals surface area contributed by atoms with Crippen molar-refractivity contribution in [2.24, 2.45) is 0 Å². The van der Waals surface area contributed by atoms with Crippen LogP contribution < -0.4 is 0 Å². The van der Waals surface area contributed by atoms with Crippen LogP contribution in [-0.4, -0.2) is 19.1 Å². The molecule has 0 aromatic heterocycles. The van der Waals surface area contributed by atoms with E-state index in [1.165, 1.54) is 0 Å². The average Bonchev–Trinajstić information content (AvgIpc) is 2.60. The van der Waals surface area contributed by atoms with Crippen molar-refractivity contribution in [1.82, 2.24) is 0 Å². The zero-order valence-electron chi connectivity index (χ0n) is 8.66. The van der Waals surface area contributed by atoms with Crippen molar-refractivity contribution in [3.8, 4) is 0 Å². The molecule has 1 aromatic rings. The van der Waals surface area contributed by atoms with Crippen LogP contribution in [0.15, 0.2) is 42.2 Å². The van der Waals surface area contributed by atoms with Gasteiger partial charge in [0.1, 0.15) is 12.4 Å². The molecular formula is C12H12F2O2. The first-order chi connectivity index (χ1) is 7.66. The molecule has 0 unspecified atom stereocenters. The summed E-state index contributed by atoms with van der Waals surface area (Å²) in [6.45, 7) is -0.0887. The van der Waals surface area contributed by atoms with Gasteiger partial charge in [-0.15, -0.1) is 0 Å². The number of hydrogen-bond donors (Lipinski definition) is 0. The van der Waals surface area contributed by atoms with Crippen LogP contribution >= 0.6 is 0 Å². The monoisotopic (exact) mass is 226 g/mol. The molecule has 0 fully saturated rings. The number of rotatable bonds is 4. The van der Waals surface area contributed by atoms with Crippen molar-refractivity contribution in [3.05, 3.63) is 47.7 Å². The minimum atomic E-state index is -2.84. The van der Waals surface area contributed by atoms with E-state index >= 15 is 0 Å². The Morgan fingerprint density at radius 3 is 2.56 bits per heavy atom. The Balaban J connectivity index is 1.77. The standard InChI is InChI=1S/C12H12F2O2/c13-12(14)6-11(16-9-12)8-15-7-10-4-2-1-3-5-10/h1-6H,7-9H2. The number of benzene rings is 1. The maximum Gasteiger partial charge on any atom is 0.303 e. The molecule has 86 valence electrons. The molecular weight excluding hydrogens is 214 g/mol. The van der Waals surface area contributed by atoms with Gasteiger partial charge >= 0.3 is 5.92 Å². The minimum absolute atomic E-state index is 0.0878. The number of alkyl halides is 2. The molecule has 1 aromatic carbocycles.